The molecule has 5 nitrogen and oxygen atoms in total. The lowest BCUT2D eigenvalue weighted by Crippen LogP contribution is -2.30. The highest BCUT2D eigenvalue weighted by Crippen LogP contribution is 2.22. The van der Waals surface area contributed by atoms with Crippen LogP contribution in [0.15, 0.2) is 18.2 Å². The van der Waals surface area contributed by atoms with Crippen molar-refractivity contribution in [3.63, 3.8) is 0 Å². The largest absolute Gasteiger partial charge is 0.494 e. The number of hydrogen-bond donors (Lipinski definition) is 2. The fourth-order valence-corrected chi connectivity index (χ4v) is 1.85. The zero-order valence-electron chi connectivity index (χ0n) is 12.7. The third-order valence-electron chi connectivity index (χ3n) is 3.11. The maximum Gasteiger partial charge on any atom is 0.221 e. The molecule has 118 valence electrons. The number of benzene rings is 1. The summed E-state index contributed by atoms with van der Waals surface area (Å²) in [7, 11) is 3.02. The molecule has 0 aliphatic carbocycles. The summed E-state index contributed by atoms with van der Waals surface area (Å²) in [6.45, 7) is 3.51. The topological polar surface area (TPSA) is 59.6 Å². The molecular weight excluding hydrogens is 275 g/mol. The second kappa shape index (κ2) is 9.31. The standard InChI is InChI=1S/C15H23FN2O3/c1-11(12-4-5-13(16)14(10-12)21-3)17-7-6-15(19)18-8-9-20-2/h4-5,10-11,17H,6-9H2,1-3H3,(H,18,19). The van der Waals surface area contributed by atoms with Crippen molar-refractivity contribution in [2.75, 3.05) is 33.9 Å². The minimum absolute atomic E-state index is 0.00581. The smallest absolute Gasteiger partial charge is 0.221 e. The average molecular weight is 298 g/mol. The quantitative estimate of drug-likeness (QED) is 0.680. The monoisotopic (exact) mass is 298 g/mol. The van der Waals surface area contributed by atoms with E-state index in [1.165, 1.54) is 13.2 Å². The van der Waals surface area contributed by atoms with Crippen LogP contribution < -0.4 is 15.4 Å². The second-order valence-electron chi connectivity index (χ2n) is 4.66. The number of carbonyl (C=O) groups excluding carboxylic acids is 1. The summed E-state index contributed by atoms with van der Waals surface area (Å²) in [6, 6.07) is 4.75. The van der Waals surface area contributed by atoms with Crippen LogP contribution in [0.2, 0.25) is 0 Å². The highest BCUT2D eigenvalue weighted by molar-refractivity contribution is 5.76. The molecule has 1 amide bonds. The number of ether oxygens (including phenoxy) is 2. The van der Waals surface area contributed by atoms with Crippen LogP contribution in [-0.2, 0) is 9.53 Å². The molecule has 6 heteroatoms. The van der Waals surface area contributed by atoms with Crippen molar-refractivity contribution in [1.82, 2.24) is 10.6 Å². The predicted octanol–water partition coefficient (Wildman–Crippen LogP) is 1.64. The molecule has 0 saturated carbocycles. The summed E-state index contributed by atoms with van der Waals surface area (Å²) in [4.78, 5) is 11.5. The first-order valence-corrected chi connectivity index (χ1v) is 6.91. The Labute approximate surface area is 124 Å². The van der Waals surface area contributed by atoms with E-state index in [4.69, 9.17) is 9.47 Å². The number of carbonyl (C=O) groups is 1. The van der Waals surface area contributed by atoms with Crippen molar-refractivity contribution in [1.29, 1.82) is 0 Å². The van der Waals surface area contributed by atoms with Crippen LogP contribution in [0, 0.1) is 5.82 Å². The van der Waals surface area contributed by atoms with Gasteiger partial charge >= 0.3 is 0 Å². The molecule has 1 aromatic carbocycles. The molecule has 0 aliphatic rings. The summed E-state index contributed by atoms with van der Waals surface area (Å²) in [5, 5.41) is 5.97. The highest BCUT2D eigenvalue weighted by atomic mass is 19.1. The van der Waals surface area contributed by atoms with Crippen LogP contribution in [-0.4, -0.2) is 39.8 Å². The van der Waals surface area contributed by atoms with E-state index >= 15 is 0 Å². The molecule has 0 saturated heterocycles. The number of rotatable bonds is 9. The van der Waals surface area contributed by atoms with Gasteiger partial charge in [0.25, 0.3) is 0 Å². The van der Waals surface area contributed by atoms with Crippen LogP contribution in [0.25, 0.3) is 0 Å². The summed E-state index contributed by atoms with van der Waals surface area (Å²) in [5.41, 5.74) is 0.910. The van der Waals surface area contributed by atoms with Gasteiger partial charge in [-0.1, -0.05) is 6.07 Å². The van der Waals surface area contributed by atoms with Gasteiger partial charge in [-0.05, 0) is 24.6 Å². The van der Waals surface area contributed by atoms with Crippen molar-refractivity contribution in [2.45, 2.75) is 19.4 Å². The van der Waals surface area contributed by atoms with Gasteiger partial charge in [0, 0.05) is 32.7 Å². The van der Waals surface area contributed by atoms with Crippen molar-refractivity contribution in [3.05, 3.63) is 29.6 Å². The van der Waals surface area contributed by atoms with Gasteiger partial charge in [-0.3, -0.25) is 4.79 Å². The summed E-state index contributed by atoms with van der Waals surface area (Å²) in [5.74, 6) is -0.187. The summed E-state index contributed by atoms with van der Waals surface area (Å²) < 4.78 is 23.1. The van der Waals surface area contributed by atoms with E-state index in [-0.39, 0.29) is 23.5 Å². The molecule has 1 rings (SSSR count). The van der Waals surface area contributed by atoms with Gasteiger partial charge in [0.05, 0.1) is 13.7 Å². The summed E-state index contributed by atoms with van der Waals surface area (Å²) >= 11 is 0. The van der Waals surface area contributed by atoms with Crippen LogP contribution in [0.1, 0.15) is 24.9 Å². The van der Waals surface area contributed by atoms with E-state index in [2.05, 4.69) is 10.6 Å². The fourth-order valence-electron chi connectivity index (χ4n) is 1.85. The Kier molecular flexibility index (Phi) is 7.71. The van der Waals surface area contributed by atoms with Gasteiger partial charge in [-0.15, -0.1) is 0 Å². The third-order valence-corrected chi connectivity index (χ3v) is 3.11. The summed E-state index contributed by atoms with van der Waals surface area (Å²) in [6.07, 6.45) is 0.381. The molecular formula is C15H23FN2O3. The molecule has 1 atom stereocenters. The van der Waals surface area contributed by atoms with E-state index in [0.29, 0.717) is 26.1 Å². The molecule has 0 aliphatic heterocycles. The van der Waals surface area contributed by atoms with Gasteiger partial charge in [-0.2, -0.15) is 0 Å². The Hall–Kier alpha value is -1.66. The molecule has 0 radical (unpaired) electrons. The minimum atomic E-state index is -0.383. The van der Waals surface area contributed by atoms with E-state index < -0.39 is 0 Å². The lowest BCUT2D eigenvalue weighted by Gasteiger charge is -2.15. The van der Waals surface area contributed by atoms with E-state index in [0.717, 1.165) is 5.56 Å². The lowest BCUT2D eigenvalue weighted by molar-refractivity contribution is -0.121. The number of amides is 1. The number of hydrogen-bond acceptors (Lipinski definition) is 4. The molecule has 0 bridgehead atoms. The van der Waals surface area contributed by atoms with Crippen LogP contribution in [0.3, 0.4) is 0 Å². The van der Waals surface area contributed by atoms with Crippen LogP contribution in [0.4, 0.5) is 4.39 Å². The molecule has 0 spiro atoms. The molecule has 0 fully saturated rings. The SMILES string of the molecule is COCCNC(=O)CCNC(C)c1ccc(F)c(OC)c1. The van der Waals surface area contributed by atoms with E-state index in [1.807, 2.05) is 6.92 Å². The molecule has 1 unspecified atom stereocenters. The molecule has 0 heterocycles. The van der Waals surface area contributed by atoms with Crippen LogP contribution in [0.5, 0.6) is 5.75 Å². The number of methoxy groups -OCH3 is 2. The maximum absolute atomic E-state index is 13.3. The molecule has 2 N–H and O–H groups in total. The number of nitrogens with one attached hydrogen (secondary N) is 2. The van der Waals surface area contributed by atoms with Crippen molar-refractivity contribution in [3.8, 4) is 5.75 Å². The van der Waals surface area contributed by atoms with Gasteiger partial charge in [-0.25, -0.2) is 4.39 Å². The van der Waals surface area contributed by atoms with Gasteiger partial charge in [0.2, 0.25) is 5.91 Å². The van der Waals surface area contributed by atoms with E-state index in [1.54, 1.807) is 19.2 Å². The first-order valence-electron chi connectivity index (χ1n) is 6.91. The average Bonchev–Trinajstić information content (AvgIpc) is 2.48. The van der Waals surface area contributed by atoms with Crippen LogP contribution >= 0.6 is 0 Å². The first-order chi connectivity index (χ1) is 10.1. The van der Waals surface area contributed by atoms with Gasteiger partial charge < -0.3 is 20.1 Å². The maximum atomic E-state index is 13.3. The van der Waals surface area contributed by atoms with Crippen molar-refractivity contribution < 1.29 is 18.7 Å². The predicted molar refractivity (Wildman–Crippen MR) is 78.9 cm³/mol. The molecule has 0 aromatic heterocycles. The highest BCUT2D eigenvalue weighted by Gasteiger charge is 2.10. The normalized spacial score (nSPS) is 12.0. The number of halogens is 1. The first kappa shape index (κ1) is 17.4. The second-order valence-corrected chi connectivity index (χ2v) is 4.66. The van der Waals surface area contributed by atoms with E-state index in [9.17, 15) is 9.18 Å². The molecule has 1 aromatic rings. The molecule has 21 heavy (non-hydrogen) atoms. The lowest BCUT2D eigenvalue weighted by atomic mass is 10.1. The fraction of sp³-hybridized carbons (Fsp3) is 0.533. The zero-order valence-corrected chi connectivity index (χ0v) is 12.7. The van der Waals surface area contributed by atoms with Gasteiger partial charge in [0.15, 0.2) is 11.6 Å². The van der Waals surface area contributed by atoms with Gasteiger partial charge in [0.1, 0.15) is 0 Å². The Balaban J connectivity index is 2.36. The Morgan fingerprint density at radius 1 is 1.33 bits per heavy atom. The zero-order chi connectivity index (χ0) is 15.7. The van der Waals surface area contributed by atoms with Crippen molar-refractivity contribution in [2.24, 2.45) is 0 Å². The third kappa shape index (κ3) is 6.10. The Morgan fingerprint density at radius 2 is 2.10 bits per heavy atom. The van der Waals surface area contributed by atoms with Crippen molar-refractivity contribution >= 4 is 5.91 Å². The minimum Gasteiger partial charge on any atom is -0.494 e. The Morgan fingerprint density at radius 3 is 2.76 bits per heavy atom. The Bertz CT molecular complexity index is 455.